The third kappa shape index (κ3) is 4.95. The highest BCUT2D eigenvalue weighted by Crippen LogP contribution is 2.30. The number of carboxylic acids is 1. The predicted molar refractivity (Wildman–Crippen MR) is 125 cm³/mol. The van der Waals surface area contributed by atoms with Gasteiger partial charge in [0.2, 0.25) is 5.91 Å². The van der Waals surface area contributed by atoms with Crippen LogP contribution in [0.2, 0.25) is 5.02 Å². The van der Waals surface area contributed by atoms with Crippen LogP contribution in [-0.4, -0.2) is 73.3 Å². The zero-order valence-electron chi connectivity index (χ0n) is 18.4. The first-order valence-corrected chi connectivity index (χ1v) is 13.0. The molecule has 0 radical (unpaired) electrons. The van der Waals surface area contributed by atoms with Crippen molar-refractivity contribution in [1.29, 1.82) is 0 Å². The van der Waals surface area contributed by atoms with E-state index in [4.69, 9.17) is 16.7 Å². The van der Waals surface area contributed by atoms with Gasteiger partial charge in [0.25, 0.3) is 0 Å². The Kier molecular flexibility index (Phi) is 6.68. The van der Waals surface area contributed by atoms with Gasteiger partial charge in [0.05, 0.1) is 21.2 Å². The Hall–Kier alpha value is -2.92. The first kappa shape index (κ1) is 24.2. The van der Waals surface area contributed by atoms with Crippen LogP contribution >= 0.6 is 11.6 Å². The van der Waals surface area contributed by atoms with Gasteiger partial charge < -0.3 is 20.2 Å². The summed E-state index contributed by atoms with van der Waals surface area (Å²) in [5.74, 6) is -1.42. The number of hydrogen-bond acceptors (Lipinski definition) is 7. The molecule has 1 aromatic carbocycles. The number of rotatable bonds is 6. The molecule has 2 aromatic rings. The number of carbonyl (C=O) groups excluding carboxylic acids is 1. The molecule has 0 saturated carbocycles. The first-order valence-electron chi connectivity index (χ1n) is 10.7. The summed E-state index contributed by atoms with van der Waals surface area (Å²) in [5.41, 5.74) is 0.111. The van der Waals surface area contributed by atoms with E-state index in [0.717, 1.165) is 12.3 Å². The number of carboxylic acid groups (broad SMARTS) is 1. The van der Waals surface area contributed by atoms with Crippen LogP contribution in [0.3, 0.4) is 0 Å². The van der Waals surface area contributed by atoms with Gasteiger partial charge in [-0.05, 0) is 43.5 Å². The second kappa shape index (κ2) is 9.38. The SMILES string of the molecule is CS(=O)(=O)c1ccc(N[C@H]2CCN(C3CCN(c4ncc(C(=O)O)cc4Cl)CC3)C2=O)c(F)c1. The molecule has 2 N–H and O–H groups in total. The van der Waals surface area contributed by atoms with Gasteiger partial charge in [0.15, 0.2) is 9.84 Å². The molecular formula is C22H24ClFN4O5S. The second-order valence-corrected chi connectivity index (χ2v) is 10.9. The molecule has 2 aliphatic rings. The Morgan fingerprint density at radius 2 is 1.91 bits per heavy atom. The summed E-state index contributed by atoms with van der Waals surface area (Å²) in [5, 5.41) is 12.2. The molecule has 2 fully saturated rings. The number of anilines is 2. The smallest absolute Gasteiger partial charge is 0.337 e. The van der Waals surface area contributed by atoms with Crippen molar-refractivity contribution in [2.24, 2.45) is 0 Å². The van der Waals surface area contributed by atoms with Gasteiger partial charge in [-0.2, -0.15) is 0 Å². The molecule has 0 spiro atoms. The van der Waals surface area contributed by atoms with Crippen molar-refractivity contribution < 1.29 is 27.5 Å². The molecule has 0 unspecified atom stereocenters. The number of hydrogen-bond donors (Lipinski definition) is 2. The lowest BCUT2D eigenvalue weighted by molar-refractivity contribution is -0.130. The molecule has 1 atom stereocenters. The number of likely N-dealkylation sites (tertiary alicyclic amines) is 1. The quantitative estimate of drug-likeness (QED) is 0.608. The van der Waals surface area contributed by atoms with E-state index in [2.05, 4.69) is 10.3 Å². The summed E-state index contributed by atoms with van der Waals surface area (Å²) in [7, 11) is -3.52. The molecular weight excluding hydrogens is 487 g/mol. The average molecular weight is 511 g/mol. The fraction of sp³-hybridized carbons (Fsp3) is 0.409. The number of aromatic nitrogens is 1. The lowest BCUT2D eigenvalue weighted by atomic mass is 10.0. The Morgan fingerprint density at radius 3 is 2.50 bits per heavy atom. The Balaban J connectivity index is 1.37. The van der Waals surface area contributed by atoms with E-state index in [-0.39, 0.29) is 33.1 Å². The fourth-order valence-electron chi connectivity index (χ4n) is 4.40. The van der Waals surface area contributed by atoms with Gasteiger partial charge in [0, 0.05) is 38.1 Å². The Bertz CT molecular complexity index is 1230. The molecule has 9 nitrogen and oxygen atoms in total. The first-order chi connectivity index (χ1) is 16.0. The highest BCUT2D eigenvalue weighted by atomic mass is 35.5. The summed E-state index contributed by atoms with van der Waals surface area (Å²) in [6.07, 6.45) is 4.17. The third-order valence-corrected chi connectivity index (χ3v) is 7.60. The highest BCUT2D eigenvalue weighted by molar-refractivity contribution is 7.90. The van der Waals surface area contributed by atoms with Crippen LogP contribution in [-0.2, 0) is 14.6 Å². The molecule has 3 heterocycles. The summed E-state index contributed by atoms with van der Waals surface area (Å²) in [6.45, 7) is 1.75. The van der Waals surface area contributed by atoms with Crippen LogP contribution in [0.15, 0.2) is 35.4 Å². The number of piperidine rings is 1. The van der Waals surface area contributed by atoms with Crippen LogP contribution in [0.1, 0.15) is 29.6 Å². The third-order valence-electron chi connectivity index (χ3n) is 6.21. The van der Waals surface area contributed by atoms with E-state index in [1.54, 1.807) is 4.90 Å². The van der Waals surface area contributed by atoms with Crippen molar-refractivity contribution in [1.82, 2.24) is 9.88 Å². The lowest BCUT2D eigenvalue weighted by Gasteiger charge is -2.37. The second-order valence-electron chi connectivity index (χ2n) is 8.48. The van der Waals surface area contributed by atoms with Crippen molar-refractivity contribution in [3.8, 4) is 0 Å². The van der Waals surface area contributed by atoms with Crippen LogP contribution in [0.5, 0.6) is 0 Å². The van der Waals surface area contributed by atoms with Crippen molar-refractivity contribution >= 4 is 44.8 Å². The minimum Gasteiger partial charge on any atom is -0.478 e. The minimum atomic E-state index is -3.52. The molecule has 0 aliphatic carbocycles. The van der Waals surface area contributed by atoms with E-state index >= 15 is 0 Å². The van der Waals surface area contributed by atoms with Crippen LogP contribution in [0, 0.1) is 5.82 Å². The Labute approximate surface area is 201 Å². The van der Waals surface area contributed by atoms with Crippen molar-refractivity contribution in [2.45, 2.75) is 36.2 Å². The standard InChI is InChI=1S/C22H24ClFN4O5S/c1-34(32,33)15-2-3-18(17(24)11-15)26-19-6-9-28(21(19)29)14-4-7-27(8-5-14)20-16(23)10-13(12-25-20)22(30)31/h2-3,10-12,14,19,26H,4-9H2,1H3,(H,30,31)/t19-/m0/s1. The molecule has 1 aromatic heterocycles. The highest BCUT2D eigenvalue weighted by Gasteiger charge is 2.37. The molecule has 0 bridgehead atoms. The van der Waals surface area contributed by atoms with E-state index in [9.17, 15) is 22.4 Å². The van der Waals surface area contributed by atoms with Crippen molar-refractivity contribution in [3.63, 3.8) is 0 Å². The number of benzene rings is 1. The normalized spacial score (nSPS) is 19.5. The van der Waals surface area contributed by atoms with Gasteiger partial charge in [-0.15, -0.1) is 0 Å². The largest absolute Gasteiger partial charge is 0.478 e. The summed E-state index contributed by atoms with van der Waals surface area (Å²) < 4.78 is 37.6. The van der Waals surface area contributed by atoms with Gasteiger partial charge in [0.1, 0.15) is 17.7 Å². The number of sulfone groups is 1. The monoisotopic (exact) mass is 510 g/mol. The number of nitrogens with zero attached hydrogens (tertiary/aromatic N) is 3. The number of pyridine rings is 1. The number of amides is 1. The van der Waals surface area contributed by atoms with E-state index < -0.39 is 27.7 Å². The number of halogens is 2. The number of aromatic carboxylic acids is 1. The molecule has 12 heteroatoms. The van der Waals surface area contributed by atoms with Gasteiger partial charge in [-0.3, -0.25) is 4.79 Å². The zero-order chi connectivity index (χ0) is 24.6. The molecule has 34 heavy (non-hydrogen) atoms. The van der Waals surface area contributed by atoms with Crippen LogP contribution in [0.4, 0.5) is 15.9 Å². The van der Waals surface area contributed by atoms with Crippen LogP contribution in [0.25, 0.3) is 0 Å². The maximum absolute atomic E-state index is 14.4. The predicted octanol–water partition coefficient (Wildman–Crippen LogP) is 2.66. The van der Waals surface area contributed by atoms with Gasteiger partial charge in [-0.25, -0.2) is 22.6 Å². The van der Waals surface area contributed by atoms with E-state index in [1.807, 2.05) is 4.90 Å². The molecule has 4 rings (SSSR count). The zero-order valence-corrected chi connectivity index (χ0v) is 19.9. The minimum absolute atomic E-state index is 0.0186. The molecule has 182 valence electrons. The maximum Gasteiger partial charge on any atom is 0.337 e. The average Bonchev–Trinajstić information content (AvgIpc) is 3.14. The Morgan fingerprint density at radius 1 is 1.21 bits per heavy atom. The summed E-state index contributed by atoms with van der Waals surface area (Å²) in [4.78, 5) is 31.9. The van der Waals surface area contributed by atoms with Crippen LogP contribution < -0.4 is 10.2 Å². The number of carbonyl (C=O) groups is 2. The van der Waals surface area contributed by atoms with Gasteiger partial charge in [-0.1, -0.05) is 11.6 Å². The molecule has 2 aliphatic heterocycles. The molecule has 2 saturated heterocycles. The summed E-state index contributed by atoms with van der Waals surface area (Å²) >= 11 is 6.23. The lowest BCUT2D eigenvalue weighted by Crippen LogP contribution is -2.47. The topological polar surface area (TPSA) is 120 Å². The summed E-state index contributed by atoms with van der Waals surface area (Å²) in [6, 6.07) is 4.41. The van der Waals surface area contributed by atoms with Crippen molar-refractivity contribution in [3.05, 3.63) is 46.9 Å². The maximum atomic E-state index is 14.4. The van der Waals surface area contributed by atoms with Crippen molar-refractivity contribution in [2.75, 3.05) is 36.1 Å². The van der Waals surface area contributed by atoms with E-state index in [0.29, 0.717) is 44.7 Å². The number of nitrogens with one attached hydrogen (secondary N) is 1. The fourth-order valence-corrected chi connectivity index (χ4v) is 5.32. The molecule has 1 amide bonds. The van der Waals surface area contributed by atoms with E-state index in [1.165, 1.54) is 24.4 Å². The van der Waals surface area contributed by atoms with Gasteiger partial charge >= 0.3 is 5.97 Å².